The number of nitrogens with one attached hydrogen (secondary N) is 1. The first kappa shape index (κ1) is 21.3. The monoisotopic (exact) mass is 402 g/mol. The second-order valence-electron chi connectivity index (χ2n) is 5.74. The number of ether oxygens (including phenoxy) is 3. The summed E-state index contributed by atoms with van der Waals surface area (Å²) in [6.07, 6.45) is 0.748. The number of rotatable bonds is 8. The molecule has 28 heavy (non-hydrogen) atoms. The largest absolute Gasteiger partial charge is 0.493 e. The quantitative estimate of drug-likeness (QED) is 0.676. The van der Waals surface area contributed by atoms with Gasteiger partial charge in [-0.15, -0.1) is 11.3 Å². The lowest BCUT2D eigenvalue weighted by atomic mass is 10.1. The average molecular weight is 402 g/mol. The highest BCUT2D eigenvalue weighted by Crippen LogP contribution is 2.34. The van der Waals surface area contributed by atoms with Crippen molar-refractivity contribution in [3.8, 4) is 17.6 Å². The third-order valence-electron chi connectivity index (χ3n) is 3.95. The molecule has 148 valence electrons. The van der Waals surface area contributed by atoms with Crippen LogP contribution in [-0.4, -0.2) is 32.2 Å². The lowest BCUT2D eigenvalue weighted by Crippen LogP contribution is -2.21. The van der Waals surface area contributed by atoms with Gasteiger partial charge in [-0.1, -0.05) is 6.92 Å². The van der Waals surface area contributed by atoms with Crippen LogP contribution in [-0.2, 0) is 16.0 Å². The summed E-state index contributed by atoms with van der Waals surface area (Å²) in [5, 5.41) is 12.1. The molecule has 0 saturated heterocycles. The summed E-state index contributed by atoms with van der Waals surface area (Å²) in [5.41, 5.74) is 1.62. The van der Waals surface area contributed by atoms with Crippen molar-refractivity contribution in [2.75, 3.05) is 25.6 Å². The number of esters is 1. The van der Waals surface area contributed by atoms with Gasteiger partial charge in [-0.05, 0) is 38.0 Å². The molecule has 0 aliphatic carbocycles. The lowest BCUT2D eigenvalue weighted by molar-refractivity contribution is -0.118. The van der Waals surface area contributed by atoms with Gasteiger partial charge in [-0.2, -0.15) is 5.26 Å². The fourth-order valence-corrected chi connectivity index (χ4v) is 3.75. The van der Waals surface area contributed by atoms with Crippen LogP contribution < -0.4 is 14.8 Å². The Bertz CT molecular complexity index is 914. The van der Waals surface area contributed by atoms with E-state index in [1.807, 2.05) is 19.9 Å². The second-order valence-corrected chi connectivity index (χ2v) is 6.85. The number of hydrogen-bond acceptors (Lipinski definition) is 7. The number of carbonyl (C=O) groups is 2. The summed E-state index contributed by atoms with van der Waals surface area (Å²) in [5.74, 6) is -0.167. The van der Waals surface area contributed by atoms with Gasteiger partial charge in [0.25, 0.3) is 5.91 Å². The van der Waals surface area contributed by atoms with Crippen molar-refractivity contribution in [2.24, 2.45) is 0 Å². The smallest absolute Gasteiger partial charge is 0.341 e. The molecule has 2 aromatic rings. The zero-order chi connectivity index (χ0) is 20.7. The number of aryl methyl sites for hydroxylation is 1. The van der Waals surface area contributed by atoms with Crippen LogP contribution in [0.5, 0.6) is 11.5 Å². The molecule has 0 atom stereocenters. The van der Waals surface area contributed by atoms with E-state index < -0.39 is 11.9 Å². The van der Waals surface area contributed by atoms with Gasteiger partial charge in [0, 0.05) is 10.9 Å². The molecule has 0 fully saturated rings. The average Bonchev–Trinajstić information content (AvgIpc) is 3.01. The molecule has 0 saturated carbocycles. The number of amides is 1. The van der Waals surface area contributed by atoms with Crippen LogP contribution in [0, 0.1) is 18.3 Å². The maximum absolute atomic E-state index is 12.4. The van der Waals surface area contributed by atoms with Crippen LogP contribution in [0.4, 0.5) is 5.00 Å². The Hall–Kier alpha value is -3.05. The standard InChI is InChI=1S/C20H22N2O5S/c1-5-16-12(3)18(20(24)26-6-2)19(28-16)22-17(23)11-27-14-8-7-13(10-21)9-15(14)25-4/h7-9H,5-6,11H2,1-4H3,(H,22,23). The van der Waals surface area contributed by atoms with Crippen LogP contribution in [0.1, 0.15) is 40.2 Å². The minimum absolute atomic E-state index is 0.255. The summed E-state index contributed by atoms with van der Waals surface area (Å²) in [6, 6.07) is 6.68. The van der Waals surface area contributed by atoms with Crippen molar-refractivity contribution in [3.05, 3.63) is 39.8 Å². The molecule has 1 aromatic heterocycles. The van der Waals surface area contributed by atoms with Gasteiger partial charge in [0.05, 0.1) is 30.9 Å². The maximum Gasteiger partial charge on any atom is 0.341 e. The number of hydrogen-bond donors (Lipinski definition) is 1. The van der Waals surface area contributed by atoms with Gasteiger partial charge in [0.2, 0.25) is 0 Å². The molecule has 8 heteroatoms. The van der Waals surface area contributed by atoms with Crippen molar-refractivity contribution in [1.29, 1.82) is 5.26 Å². The van der Waals surface area contributed by atoms with Gasteiger partial charge in [-0.3, -0.25) is 4.79 Å². The minimum atomic E-state index is -0.457. The highest BCUT2D eigenvalue weighted by molar-refractivity contribution is 7.17. The highest BCUT2D eigenvalue weighted by Gasteiger charge is 2.23. The van der Waals surface area contributed by atoms with Crippen LogP contribution in [0.15, 0.2) is 18.2 Å². The Labute approximate surface area is 167 Å². The Morgan fingerprint density at radius 1 is 1.25 bits per heavy atom. The molecule has 0 aliphatic heterocycles. The fourth-order valence-electron chi connectivity index (χ4n) is 2.60. The summed E-state index contributed by atoms with van der Waals surface area (Å²) < 4.78 is 15.8. The molecule has 1 heterocycles. The maximum atomic E-state index is 12.4. The first-order chi connectivity index (χ1) is 13.4. The molecule has 1 amide bonds. The van der Waals surface area contributed by atoms with Crippen LogP contribution in [0.3, 0.4) is 0 Å². The zero-order valence-electron chi connectivity index (χ0n) is 16.3. The third kappa shape index (κ3) is 4.81. The molecule has 7 nitrogen and oxygen atoms in total. The zero-order valence-corrected chi connectivity index (χ0v) is 17.1. The number of nitriles is 1. The van der Waals surface area contributed by atoms with Gasteiger partial charge in [0.15, 0.2) is 18.1 Å². The van der Waals surface area contributed by atoms with Gasteiger partial charge >= 0.3 is 5.97 Å². The number of nitrogens with zero attached hydrogens (tertiary/aromatic N) is 1. The first-order valence-electron chi connectivity index (χ1n) is 8.75. The number of anilines is 1. The molecule has 2 rings (SSSR count). The van der Waals surface area contributed by atoms with Gasteiger partial charge in [0.1, 0.15) is 5.00 Å². The van der Waals surface area contributed by atoms with Crippen molar-refractivity contribution >= 4 is 28.2 Å². The molecular formula is C20H22N2O5S. The SMILES string of the molecule is CCOC(=O)c1c(NC(=O)COc2ccc(C#N)cc2OC)sc(CC)c1C. The third-order valence-corrected chi connectivity index (χ3v) is 5.30. The van der Waals surface area contributed by atoms with E-state index in [2.05, 4.69) is 5.32 Å². The molecule has 0 spiro atoms. The Kier molecular flexibility index (Phi) is 7.41. The van der Waals surface area contributed by atoms with E-state index in [0.29, 0.717) is 27.6 Å². The van der Waals surface area contributed by atoms with E-state index in [4.69, 9.17) is 19.5 Å². The van der Waals surface area contributed by atoms with Crippen LogP contribution >= 0.6 is 11.3 Å². The van der Waals surface area contributed by atoms with Crippen molar-refractivity contribution in [3.63, 3.8) is 0 Å². The first-order valence-corrected chi connectivity index (χ1v) is 9.56. The number of methoxy groups -OCH3 is 1. The predicted octanol–water partition coefficient (Wildman–Crippen LogP) is 3.69. The molecule has 0 radical (unpaired) electrons. The molecular weight excluding hydrogens is 380 g/mol. The molecule has 0 unspecified atom stereocenters. The van der Waals surface area contributed by atoms with E-state index in [0.717, 1.165) is 16.9 Å². The van der Waals surface area contributed by atoms with Crippen molar-refractivity contribution in [2.45, 2.75) is 27.2 Å². The lowest BCUT2D eigenvalue weighted by Gasteiger charge is -2.11. The number of benzene rings is 1. The Morgan fingerprint density at radius 3 is 2.61 bits per heavy atom. The summed E-state index contributed by atoms with van der Waals surface area (Å²) in [7, 11) is 1.45. The summed E-state index contributed by atoms with van der Waals surface area (Å²) in [4.78, 5) is 25.7. The van der Waals surface area contributed by atoms with E-state index in [1.165, 1.54) is 24.5 Å². The van der Waals surface area contributed by atoms with Gasteiger partial charge in [-0.25, -0.2) is 4.79 Å². The topological polar surface area (TPSA) is 97.6 Å². The van der Waals surface area contributed by atoms with E-state index in [1.54, 1.807) is 19.1 Å². The minimum Gasteiger partial charge on any atom is -0.493 e. The number of thiophene rings is 1. The van der Waals surface area contributed by atoms with E-state index >= 15 is 0 Å². The van der Waals surface area contributed by atoms with E-state index in [-0.39, 0.29) is 13.2 Å². The number of carbonyl (C=O) groups excluding carboxylic acids is 2. The molecule has 0 aliphatic rings. The highest BCUT2D eigenvalue weighted by atomic mass is 32.1. The summed E-state index contributed by atoms with van der Waals surface area (Å²) >= 11 is 1.35. The Balaban J connectivity index is 2.13. The van der Waals surface area contributed by atoms with Crippen LogP contribution in [0.25, 0.3) is 0 Å². The Morgan fingerprint density at radius 2 is 2.00 bits per heavy atom. The fraction of sp³-hybridized carbons (Fsp3) is 0.350. The van der Waals surface area contributed by atoms with Gasteiger partial charge < -0.3 is 19.5 Å². The normalized spacial score (nSPS) is 10.1. The second kappa shape index (κ2) is 9.76. The predicted molar refractivity (Wildman–Crippen MR) is 106 cm³/mol. The van der Waals surface area contributed by atoms with E-state index in [9.17, 15) is 9.59 Å². The molecule has 1 aromatic carbocycles. The van der Waals surface area contributed by atoms with Crippen LogP contribution in [0.2, 0.25) is 0 Å². The van der Waals surface area contributed by atoms with Crippen molar-refractivity contribution < 1.29 is 23.8 Å². The van der Waals surface area contributed by atoms with Crippen molar-refractivity contribution in [1.82, 2.24) is 0 Å². The molecule has 0 bridgehead atoms. The summed E-state index contributed by atoms with van der Waals surface area (Å²) in [6.45, 7) is 5.54. The molecule has 1 N–H and O–H groups in total.